The lowest BCUT2D eigenvalue weighted by Crippen LogP contribution is -2.60. The second kappa shape index (κ2) is 47.1. The second-order valence-electron chi connectivity index (χ2n) is 21.1. The molecular weight excluding hydrogens is 859 g/mol. The van der Waals surface area contributed by atoms with Gasteiger partial charge in [0.15, 0.2) is 6.29 Å². The molecule has 8 N–H and O–H groups in total. The van der Waals surface area contributed by atoms with Crippen molar-refractivity contribution in [2.45, 2.75) is 345 Å². The van der Waals surface area contributed by atoms with Crippen molar-refractivity contribution in [3.8, 4) is 0 Å². The van der Waals surface area contributed by atoms with Crippen molar-refractivity contribution in [1.82, 2.24) is 5.32 Å². The Morgan fingerprint density at radius 3 is 1.09 bits per heavy atom. The van der Waals surface area contributed by atoms with Crippen LogP contribution in [0.2, 0.25) is 0 Å². The summed E-state index contributed by atoms with van der Waals surface area (Å²) >= 11 is 0. The van der Waals surface area contributed by atoms with Crippen LogP contribution in [-0.4, -0.2) is 110 Å². The molecule has 0 aromatic heterocycles. The van der Waals surface area contributed by atoms with Crippen LogP contribution in [0.4, 0.5) is 0 Å². The Bertz CT molecular complexity index is 1070. The molecule has 0 aliphatic carbocycles. The van der Waals surface area contributed by atoms with E-state index in [0.717, 1.165) is 38.5 Å². The normalized spacial score (nSPS) is 20.4. The largest absolute Gasteiger partial charge is 0.394 e. The summed E-state index contributed by atoms with van der Waals surface area (Å²) in [6, 6.07) is -1.16. The summed E-state index contributed by atoms with van der Waals surface area (Å²) < 4.78 is 11.1. The Morgan fingerprint density at radius 2 is 0.765 bits per heavy atom. The van der Waals surface area contributed by atoms with E-state index in [1.165, 1.54) is 212 Å². The van der Waals surface area contributed by atoms with E-state index in [2.05, 4.69) is 19.2 Å². The summed E-state index contributed by atoms with van der Waals surface area (Å²) in [5, 5.41) is 76.1. The molecule has 1 aliphatic rings. The highest BCUT2D eigenvalue weighted by Crippen LogP contribution is 2.24. The molecule has 9 unspecified atom stereocenters. The summed E-state index contributed by atoms with van der Waals surface area (Å²) in [4.78, 5) is 13.2. The molecule has 0 radical (unpaired) electrons. The van der Waals surface area contributed by atoms with Crippen LogP contribution in [0.3, 0.4) is 0 Å². The lowest BCUT2D eigenvalue weighted by Gasteiger charge is -2.40. The third-order valence-corrected chi connectivity index (χ3v) is 14.7. The van der Waals surface area contributed by atoms with Crippen molar-refractivity contribution < 1.29 is 50.0 Å². The van der Waals surface area contributed by atoms with Gasteiger partial charge < -0.3 is 50.5 Å². The van der Waals surface area contributed by atoms with Gasteiger partial charge in [0, 0.05) is 0 Å². The maximum Gasteiger partial charge on any atom is 0.249 e. The van der Waals surface area contributed by atoms with E-state index in [-0.39, 0.29) is 6.42 Å². The van der Waals surface area contributed by atoms with Crippen molar-refractivity contribution >= 4 is 5.91 Å². The number of hydrogen-bond acceptors (Lipinski definition) is 10. The Hall–Kier alpha value is -0.890. The Labute approximate surface area is 418 Å². The summed E-state index contributed by atoms with van der Waals surface area (Å²) in [6.45, 7) is 3.49. The summed E-state index contributed by atoms with van der Waals surface area (Å²) in [5.41, 5.74) is 0. The maximum absolute atomic E-state index is 13.2. The fraction of sp³-hybridized carbons (Fsp3) is 0.982. The molecule has 0 aromatic carbocycles. The van der Waals surface area contributed by atoms with Gasteiger partial charge in [0.2, 0.25) is 5.91 Å². The smallest absolute Gasteiger partial charge is 0.249 e. The Morgan fingerprint density at radius 1 is 0.456 bits per heavy atom. The van der Waals surface area contributed by atoms with Gasteiger partial charge in [-0.1, -0.05) is 277 Å². The maximum atomic E-state index is 13.2. The van der Waals surface area contributed by atoms with Gasteiger partial charge in [-0.05, 0) is 12.8 Å². The molecule has 406 valence electrons. The number of unbranched alkanes of at least 4 members (excludes halogenated alkanes) is 39. The minimum absolute atomic E-state index is 0.267. The van der Waals surface area contributed by atoms with Gasteiger partial charge in [0.1, 0.15) is 36.6 Å². The second-order valence-corrected chi connectivity index (χ2v) is 21.1. The number of carbonyl (C=O) groups excluding carboxylic acids is 1. The van der Waals surface area contributed by atoms with Crippen molar-refractivity contribution in [1.29, 1.82) is 0 Å². The number of aliphatic hydroxyl groups excluding tert-OH is 7. The van der Waals surface area contributed by atoms with Crippen molar-refractivity contribution in [2.24, 2.45) is 0 Å². The topological polar surface area (TPSA) is 189 Å². The molecule has 9 atom stereocenters. The number of hydrogen-bond donors (Lipinski definition) is 8. The van der Waals surface area contributed by atoms with E-state index in [1.54, 1.807) is 0 Å². The zero-order valence-corrected chi connectivity index (χ0v) is 44.4. The van der Waals surface area contributed by atoms with Gasteiger partial charge >= 0.3 is 0 Å². The minimum Gasteiger partial charge on any atom is -0.394 e. The molecule has 0 saturated carbocycles. The molecule has 0 aromatic rings. The van der Waals surface area contributed by atoms with Crippen LogP contribution in [0, 0.1) is 0 Å². The third kappa shape index (κ3) is 35.3. The minimum atomic E-state index is -1.66. The van der Waals surface area contributed by atoms with Gasteiger partial charge in [0.25, 0.3) is 0 Å². The molecule has 1 fully saturated rings. The lowest BCUT2D eigenvalue weighted by atomic mass is 9.98. The van der Waals surface area contributed by atoms with Gasteiger partial charge in [-0.3, -0.25) is 4.79 Å². The SMILES string of the molecule is CCCCCCCCCCCCCCCCCCCCCCCCCCCCC(O)C(=O)NC(COC1OC(CO)C(O)C(O)C1O)C(O)C(O)CCCCCCCCCCCCCCCCC. The van der Waals surface area contributed by atoms with Gasteiger partial charge in [-0.15, -0.1) is 0 Å². The highest BCUT2D eigenvalue weighted by molar-refractivity contribution is 5.80. The number of carbonyl (C=O) groups is 1. The van der Waals surface area contributed by atoms with Crippen LogP contribution in [-0.2, 0) is 14.3 Å². The predicted molar refractivity (Wildman–Crippen MR) is 280 cm³/mol. The van der Waals surface area contributed by atoms with E-state index in [1.807, 2.05) is 0 Å². The molecule has 1 heterocycles. The van der Waals surface area contributed by atoms with E-state index in [9.17, 15) is 40.5 Å². The third-order valence-electron chi connectivity index (χ3n) is 14.7. The number of rotatable bonds is 51. The molecule has 11 heteroatoms. The first-order valence-corrected chi connectivity index (χ1v) is 29.4. The number of ether oxygens (including phenoxy) is 2. The van der Waals surface area contributed by atoms with Gasteiger partial charge in [-0.2, -0.15) is 0 Å². The van der Waals surface area contributed by atoms with E-state index in [4.69, 9.17) is 9.47 Å². The predicted octanol–water partition coefficient (Wildman–Crippen LogP) is 12.2. The van der Waals surface area contributed by atoms with E-state index < -0.39 is 74.2 Å². The lowest BCUT2D eigenvalue weighted by molar-refractivity contribution is -0.303. The molecule has 1 aliphatic heterocycles. The van der Waals surface area contributed by atoms with Crippen LogP contribution in [0.5, 0.6) is 0 Å². The number of nitrogens with one attached hydrogen (secondary N) is 1. The summed E-state index contributed by atoms with van der Waals surface area (Å²) in [6.07, 6.45) is 41.6. The molecular formula is C57H113NO10. The first-order chi connectivity index (χ1) is 33.2. The highest BCUT2D eigenvalue weighted by Gasteiger charge is 2.44. The molecule has 0 spiro atoms. The fourth-order valence-electron chi connectivity index (χ4n) is 9.86. The van der Waals surface area contributed by atoms with Crippen LogP contribution in [0.1, 0.15) is 290 Å². The summed E-state index contributed by atoms with van der Waals surface area (Å²) in [7, 11) is 0. The standard InChI is InChI=1S/C57H113NO10/c1-3-5-7-9-11-13-15-17-19-20-21-22-23-24-25-26-27-28-29-31-33-35-37-39-41-43-45-50(61)56(66)58-48(47-67-57-55(65)54(64)53(63)51(46-59)68-57)52(62)49(60)44-42-40-38-36-34-32-30-18-16-14-12-10-8-6-4-2/h48-55,57,59-65H,3-47H2,1-2H3,(H,58,66). The monoisotopic (exact) mass is 972 g/mol. The molecule has 1 saturated heterocycles. The van der Waals surface area contributed by atoms with Gasteiger partial charge in [-0.25, -0.2) is 0 Å². The quantitative estimate of drug-likeness (QED) is 0.0272. The summed E-state index contributed by atoms with van der Waals surface area (Å²) in [5.74, 6) is -0.690. The Kier molecular flexibility index (Phi) is 45.1. The average molecular weight is 973 g/mol. The van der Waals surface area contributed by atoms with Crippen molar-refractivity contribution in [3.05, 3.63) is 0 Å². The molecule has 1 amide bonds. The first kappa shape index (κ1) is 65.1. The zero-order chi connectivity index (χ0) is 49.7. The van der Waals surface area contributed by atoms with Gasteiger partial charge in [0.05, 0.1) is 25.4 Å². The Balaban J connectivity index is 2.25. The zero-order valence-electron chi connectivity index (χ0n) is 44.4. The fourth-order valence-corrected chi connectivity index (χ4v) is 9.86. The van der Waals surface area contributed by atoms with E-state index >= 15 is 0 Å². The van der Waals surface area contributed by atoms with E-state index in [0.29, 0.717) is 19.3 Å². The number of amides is 1. The van der Waals surface area contributed by atoms with Crippen LogP contribution in [0.15, 0.2) is 0 Å². The first-order valence-electron chi connectivity index (χ1n) is 29.4. The molecule has 0 bridgehead atoms. The van der Waals surface area contributed by atoms with Crippen molar-refractivity contribution in [2.75, 3.05) is 13.2 Å². The average Bonchev–Trinajstić information content (AvgIpc) is 3.34. The highest BCUT2D eigenvalue weighted by atomic mass is 16.7. The molecule has 11 nitrogen and oxygen atoms in total. The van der Waals surface area contributed by atoms with Crippen LogP contribution >= 0.6 is 0 Å². The molecule has 1 rings (SSSR count). The molecule has 68 heavy (non-hydrogen) atoms. The van der Waals surface area contributed by atoms with Crippen LogP contribution in [0.25, 0.3) is 0 Å². The number of aliphatic hydroxyl groups is 7. The van der Waals surface area contributed by atoms with Crippen LogP contribution < -0.4 is 5.32 Å². The van der Waals surface area contributed by atoms with Crippen molar-refractivity contribution in [3.63, 3.8) is 0 Å².